The zero-order chi connectivity index (χ0) is 12.3. The van der Waals surface area contributed by atoms with Crippen LogP contribution >= 0.6 is 12.2 Å². The summed E-state index contributed by atoms with van der Waals surface area (Å²) in [5.41, 5.74) is 1.59. The van der Waals surface area contributed by atoms with E-state index in [0.29, 0.717) is 10.8 Å². The standard InChI is InChI=1S/C13H12N2OS/c1-15-12(16)11(14-13(15)17)9-5-8-10-6-3-2-4-7-10/h2-9H,1H3,(H,14,17)/b8-5+,11-9+. The first-order valence-electron chi connectivity index (χ1n) is 5.21. The average molecular weight is 244 g/mol. The number of hydrogen-bond acceptors (Lipinski definition) is 2. The van der Waals surface area contributed by atoms with Crippen LogP contribution < -0.4 is 5.32 Å². The second kappa shape index (κ2) is 4.93. The molecular formula is C13H12N2OS. The Kier molecular flexibility index (Phi) is 3.35. The predicted octanol–water partition coefficient (Wildman–Crippen LogP) is 1.93. The van der Waals surface area contributed by atoms with Gasteiger partial charge in [-0.1, -0.05) is 42.5 Å². The van der Waals surface area contributed by atoms with Gasteiger partial charge in [0.1, 0.15) is 5.70 Å². The number of nitrogens with one attached hydrogen (secondary N) is 1. The smallest absolute Gasteiger partial charge is 0.276 e. The van der Waals surface area contributed by atoms with Gasteiger partial charge in [0.25, 0.3) is 5.91 Å². The molecular weight excluding hydrogens is 232 g/mol. The van der Waals surface area contributed by atoms with Gasteiger partial charge in [-0.2, -0.15) is 0 Å². The van der Waals surface area contributed by atoms with Crippen LogP contribution in [0, 0.1) is 0 Å². The van der Waals surface area contributed by atoms with Crippen LogP contribution in [-0.4, -0.2) is 23.0 Å². The molecule has 1 aromatic carbocycles. The second-order valence-corrected chi connectivity index (χ2v) is 4.03. The summed E-state index contributed by atoms with van der Waals surface area (Å²) in [7, 11) is 1.65. The summed E-state index contributed by atoms with van der Waals surface area (Å²) >= 11 is 4.97. The Morgan fingerprint density at radius 1 is 1.29 bits per heavy atom. The van der Waals surface area contributed by atoms with E-state index in [1.807, 2.05) is 42.5 Å². The lowest BCUT2D eigenvalue weighted by Crippen LogP contribution is -2.25. The molecule has 1 aromatic rings. The maximum atomic E-state index is 11.6. The van der Waals surface area contributed by atoms with E-state index in [-0.39, 0.29) is 5.91 Å². The molecule has 0 bridgehead atoms. The van der Waals surface area contributed by atoms with Gasteiger partial charge in [-0.05, 0) is 23.9 Å². The third-order valence-corrected chi connectivity index (χ3v) is 2.81. The minimum absolute atomic E-state index is 0.104. The molecule has 3 nitrogen and oxygen atoms in total. The van der Waals surface area contributed by atoms with Crippen molar-refractivity contribution in [1.82, 2.24) is 10.2 Å². The molecule has 0 radical (unpaired) electrons. The number of thiocarbonyl (C=S) groups is 1. The van der Waals surface area contributed by atoms with Gasteiger partial charge in [0.2, 0.25) is 0 Å². The lowest BCUT2D eigenvalue weighted by molar-refractivity contribution is -0.121. The molecule has 1 heterocycles. The highest BCUT2D eigenvalue weighted by molar-refractivity contribution is 7.80. The molecule has 86 valence electrons. The summed E-state index contributed by atoms with van der Waals surface area (Å²) in [6, 6.07) is 9.89. The van der Waals surface area contributed by atoms with Crippen molar-refractivity contribution in [3.8, 4) is 0 Å². The fourth-order valence-electron chi connectivity index (χ4n) is 1.46. The zero-order valence-corrected chi connectivity index (χ0v) is 10.2. The number of rotatable bonds is 2. The molecule has 4 heteroatoms. The molecule has 1 fully saturated rings. The molecule has 0 saturated carbocycles. The fraction of sp³-hybridized carbons (Fsp3) is 0.0769. The average Bonchev–Trinajstić information content (AvgIpc) is 2.59. The molecule has 0 aromatic heterocycles. The third-order valence-electron chi connectivity index (χ3n) is 2.43. The maximum Gasteiger partial charge on any atom is 0.276 e. The summed E-state index contributed by atoms with van der Waals surface area (Å²) in [6.45, 7) is 0. The number of benzene rings is 1. The van der Waals surface area contributed by atoms with Crippen LogP contribution in [0.15, 0.2) is 48.2 Å². The number of likely N-dealkylation sites (N-methyl/N-ethyl adjacent to an activating group) is 1. The number of allylic oxidation sites excluding steroid dienone is 2. The van der Waals surface area contributed by atoms with Crippen molar-refractivity contribution in [3.63, 3.8) is 0 Å². The van der Waals surface area contributed by atoms with E-state index >= 15 is 0 Å². The van der Waals surface area contributed by atoms with Crippen LogP contribution in [-0.2, 0) is 4.79 Å². The van der Waals surface area contributed by atoms with Crippen LogP contribution in [0.3, 0.4) is 0 Å². The van der Waals surface area contributed by atoms with Crippen molar-refractivity contribution >= 4 is 29.3 Å². The second-order valence-electron chi connectivity index (χ2n) is 3.64. The van der Waals surface area contributed by atoms with Gasteiger partial charge in [-0.15, -0.1) is 0 Å². The molecule has 0 spiro atoms. The number of amides is 1. The van der Waals surface area contributed by atoms with E-state index in [1.165, 1.54) is 4.90 Å². The molecule has 0 atom stereocenters. The summed E-state index contributed by atoms with van der Waals surface area (Å²) in [4.78, 5) is 13.0. The number of hydrogen-bond donors (Lipinski definition) is 1. The molecule has 1 N–H and O–H groups in total. The topological polar surface area (TPSA) is 32.3 Å². The van der Waals surface area contributed by atoms with Gasteiger partial charge in [0.15, 0.2) is 5.11 Å². The van der Waals surface area contributed by atoms with Crippen molar-refractivity contribution in [2.24, 2.45) is 0 Å². The van der Waals surface area contributed by atoms with Crippen molar-refractivity contribution in [3.05, 3.63) is 53.7 Å². The lowest BCUT2D eigenvalue weighted by atomic mass is 10.2. The van der Waals surface area contributed by atoms with Crippen molar-refractivity contribution in [2.45, 2.75) is 0 Å². The predicted molar refractivity (Wildman–Crippen MR) is 72.1 cm³/mol. The van der Waals surface area contributed by atoms with Crippen molar-refractivity contribution in [2.75, 3.05) is 7.05 Å². The van der Waals surface area contributed by atoms with Gasteiger partial charge in [-0.25, -0.2) is 0 Å². The summed E-state index contributed by atoms with van der Waals surface area (Å²) in [6.07, 6.45) is 5.49. The van der Waals surface area contributed by atoms with Crippen LogP contribution in [0.1, 0.15) is 5.56 Å². The monoisotopic (exact) mass is 244 g/mol. The van der Waals surface area contributed by atoms with E-state index in [1.54, 1.807) is 13.1 Å². The van der Waals surface area contributed by atoms with Crippen molar-refractivity contribution < 1.29 is 4.79 Å². The van der Waals surface area contributed by atoms with Crippen LogP contribution in [0.25, 0.3) is 6.08 Å². The quantitative estimate of drug-likeness (QED) is 0.637. The van der Waals surface area contributed by atoms with Gasteiger partial charge in [0.05, 0.1) is 0 Å². The first kappa shape index (κ1) is 11.5. The Bertz CT molecular complexity index is 505. The molecule has 2 rings (SSSR count). The Morgan fingerprint density at radius 2 is 2.00 bits per heavy atom. The van der Waals surface area contributed by atoms with E-state index in [2.05, 4.69) is 5.32 Å². The summed E-state index contributed by atoms with van der Waals surface area (Å²) in [5, 5.41) is 3.30. The highest BCUT2D eigenvalue weighted by Crippen LogP contribution is 2.08. The van der Waals surface area contributed by atoms with E-state index in [0.717, 1.165) is 5.56 Å². The summed E-state index contributed by atoms with van der Waals surface area (Å²) in [5.74, 6) is -0.104. The van der Waals surface area contributed by atoms with E-state index in [4.69, 9.17) is 12.2 Å². The first-order chi connectivity index (χ1) is 8.18. The molecule has 1 amide bonds. The highest BCUT2D eigenvalue weighted by Gasteiger charge is 2.26. The number of carbonyl (C=O) groups excluding carboxylic acids is 1. The van der Waals surface area contributed by atoms with Crippen LogP contribution in [0.5, 0.6) is 0 Å². The number of carbonyl (C=O) groups is 1. The van der Waals surface area contributed by atoms with Crippen LogP contribution in [0.4, 0.5) is 0 Å². The summed E-state index contributed by atoms with van der Waals surface area (Å²) < 4.78 is 0. The highest BCUT2D eigenvalue weighted by atomic mass is 32.1. The Labute approximate surface area is 105 Å². The third kappa shape index (κ3) is 2.60. The van der Waals surface area contributed by atoms with Gasteiger partial charge >= 0.3 is 0 Å². The Hall–Kier alpha value is -1.94. The van der Waals surface area contributed by atoms with Gasteiger partial charge in [0, 0.05) is 7.05 Å². The maximum absolute atomic E-state index is 11.6. The molecule has 0 unspecified atom stereocenters. The van der Waals surface area contributed by atoms with Gasteiger partial charge < -0.3 is 5.32 Å². The van der Waals surface area contributed by atoms with Crippen LogP contribution in [0.2, 0.25) is 0 Å². The molecule has 0 aliphatic carbocycles. The lowest BCUT2D eigenvalue weighted by Gasteiger charge is -2.02. The zero-order valence-electron chi connectivity index (χ0n) is 9.38. The molecule has 1 saturated heterocycles. The normalized spacial score (nSPS) is 18.2. The molecule has 17 heavy (non-hydrogen) atoms. The Balaban J connectivity index is 2.10. The van der Waals surface area contributed by atoms with Crippen molar-refractivity contribution in [1.29, 1.82) is 0 Å². The molecule has 1 aliphatic heterocycles. The largest absolute Gasteiger partial charge is 0.328 e. The van der Waals surface area contributed by atoms with E-state index < -0.39 is 0 Å². The first-order valence-corrected chi connectivity index (χ1v) is 5.62. The molecule has 1 aliphatic rings. The minimum atomic E-state index is -0.104. The van der Waals surface area contributed by atoms with Gasteiger partial charge in [-0.3, -0.25) is 9.69 Å². The minimum Gasteiger partial charge on any atom is -0.328 e. The van der Waals surface area contributed by atoms with E-state index in [9.17, 15) is 4.79 Å². The SMILES string of the molecule is CN1C(=O)/C(=C\C=C\c2ccccc2)NC1=S. The fourth-order valence-corrected chi connectivity index (χ4v) is 1.65. The Morgan fingerprint density at radius 3 is 2.59 bits per heavy atom. The number of nitrogens with zero attached hydrogens (tertiary/aromatic N) is 1.